The minimum atomic E-state index is -4.57. The SMILES string of the molecule is Cc1cccc(C(NC(=O)N2CC3CCC2C(CO)C3)C(F)(F)F)c1. The summed E-state index contributed by atoms with van der Waals surface area (Å²) in [5.41, 5.74) is 0.736. The molecule has 2 aliphatic heterocycles. The highest BCUT2D eigenvalue weighted by atomic mass is 19.4. The molecule has 2 amide bonds. The number of carbonyl (C=O) groups is 1. The van der Waals surface area contributed by atoms with Gasteiger partial charge < -0.3 is 15.3 Å². The van der Waals surface area contributed by atoms with E-state index in [4.69, 9.17) is 0 Å². The van der Waals surface area contributed by atoms with Crippen molar-refractivity contribution in [3.63, 3.8) is 0 Å². The van der Waals surface area contributed by atoms with Gasteiger partial charge in [-0.2, -0.15) is 13.2 Å². The fourth-order valence-electron chi connectivity index (χ4n) is 4.17. The maximum absolute atomic E-state index is 13.5. The Bertz CT molecular complexity index is 635. The summed E-state index contributed by atoms with van der Waals surface area (Å²) in [5.74, 6) is 0.220. The van der Waals surface area contributed by atoms with Crippen molar-refractivity contribution in [3.8, 4) is 0 Å². The van der Waals surface area contributed by atoms with E-state index in [2.05, 4.69) is 5.32 Å². The Morgan fingerprint density at radius 2 is 2.16 bits per heavy atom. The summed E-state index contributed by atoms with van der Waals surface area (Å²) in [6.07, 6.45) is -2.03. The number of amides is 2. The third-order valence-electron chi connectivity index (χ3n) is 5.37. The van der Waals surface area contributed by atoms with Gasteiger partial charge in [-0.15, -0.1) is 0 Å². The quantitative estimate of drug-likeness (QED) is 0.872. The number of benzene rings is 1. The fraction of sp³-hybridized carbons (Fsp3) is 0.611. The van der Waals surface area contributed by atoms with Crippen molar-refractivity contribution in [2.45, 2.75) is 44.4 Å². The second-order valence-electron chi connectivity index (χ2n) is 7.18. The minimum Gasteiger partial charge on any atom is -0.396 e. The predicted octanol–water partition coefficient (Wildman–Crippen LogP) is 3.40. The van der Waals surface area contributed by atoms with Crippen LogP contribution in [0.4, 0.5) is 18.0 Å². The molecule has 4 nitrogen and oxygen atoms in total. The topological polar surface area (TPSA) is 52.6 Å². The molecule has 3 fully saturated rings. The van der Waals surface area contributed by atoms with E-state index < -0.39 is 18.2 Å². The number of carbonyl (C=O) groups excluding carboxylic acids is 1. The van der Waals surface area contributed by atoms with Crippen LogP contribution in [-0.2, 0) is 0 Å². The highest BCUT2D eigenvalue weighted by Gasteiger charge is 2.46. The van der Waals surface area contributed by atoms with Crippen LogP contribution in [0.15, 0.2) is 24.3 Å². The number of hydrogen-bond acceptors (Lipinski definition) is 2. The lowest BCUT2D eigenvalue weighted by Crippen LogP contribution is -2.59. The van der Waals surface area contributed by atoms with Gasteiger partial charge in [-0.05, 0) is 37.7 Å². The Hall–Kier alpha value is -1.76. The summed E-state index contributed by atoms with van der Waals surface area (Å²) in [7, 11) is 0. The van der Waals surface area contributed by atoms with Gasteiger partial charge in [0.15, 0.2) is 6.04 Å². The van der Waals surface area contributed by atoms with E-state index in [-0.39, 0.29) is 30.0 Å². The van der Waals surface area contributed by atoms with E-state index in [1.165, 1.54) is 17.0 Å². The molecular weight excluding hydrogens is 333 g/mol. The summed E-state index contributed by atoms with van der Waals surface area (Å²) in [6.45, 7) is 2.14. The Morgan fingerprint density at radius 3 is 2.76 bits per heavy atom. The molecule has 3 aliphatic rings. The van der Waals surface area contributed by atoms with Gasteiger partial charge in [-0.1, -0.05) is 29.8 Å². The van der Waals surface area contributed by atoms with Gasteiger partial charge in [0.05, 0.1) is 0 Å². The number of urea groups is 1. The summed E-state index contributed by atoms with van der Waals surface area (Å²) in [6, 6.07) is 3.18. The first-order valence-electron chi connectivity index (χ1n) is 8.61. The maximum Gasteiger partial charge on any atom is 0.412 e. The van der Waals surface area contributed by atoms with E-state index in [0.717, 1.165) is 19.3 Å². The van der Waals surface area contributed by atoms with Crippen LogP contribution < -0.4 is 5.32 Å². The molecule has 2 heterocycles. The van der Waals surface area contributed by atoms with Crippen LogP contribution in [0.1, 0.15) is 36.4 Å². The van der Waals surface area contributed by atoms with Gasteiger partial charge in [-0.3, -0.25) is 0 Å². The first-order valence-corrected chi connectivity index (χ1v) is 8.61. The average Bonchev–Trinajstić information content (AvgIpc) is 2.58. The summed E-state index contributed by atoms with van der Waals surface area (Å²) < 4.78 is 40.6. The monoisotopic (exact) mass is 356 g/mol. The van der Waals surface area contributed by atoms with E-state index in [1.54, 1.807) is 19.1 Å². The zero-order valence-corrected chi connectivity index (χ0v) is 14.1. The van der Waals surface area contributed by atoms with Gasteiger partial charge in [0.25, 0.3) is 0 Å². The molecule has 7 heteroatoms. The lowest BCUT2D eigenvalue weighted by molar-refractivity contribution is -0.156. The standard InChI is InChI=1S/C18H23F3N2O2/c1-11-3-2-4-13(7-11)16(18(19,20)21)22-17(25)23-9-12-5-6-15(23)14(8-12)10-24/h2-4,7,12,14-16,24H,5-6,8-10H2,1H3,(H,22,25). The van der Waals surface area contributed by atoms with Crippen molar-refractivity contribution < 1.29 is 23.1 Å². The Morgan fingerprint density at radius 1 is 1.40 bits per heavy atom. The maximum atomic E-state index is 13.5. The number of aliphatic hydroxyl groups is 1. The van der Waals surface area contributed by atoms with Gasteiger partial charge >= 0.3 is 12.2 Å². The van der Waals surface area contributed by atoms with E-state index >= 15 is 0 Å². The number of aliphatic hydroxyl groups excluding tert-OH is 1. The molecule has 1 aromatic carbocycles. The minimum absolute atomic E-state index is 0.0294. The first-order chi connectivity index (χ1) is 11.8. The molecule has 4 rings (SSSR count). The summed E-state index contributed by atoms with van der Waals surface area (Å²) >= 11 is 0. The first kappa shape index (κ1) is 18.0. The molecular formula is C18H23F3N2O2. The largest absolute Gasteiger partial charge is 0.412 e. The Labute approximate surface area is 145 Å². The van der Waals surface area contributed by atoms with E-state index in [0.29, 0.717) is 12.1 Å². The lowest BCUT2D eigenvalue weighted by atomic mass is 9.73. The Balaban J connectivity index is 1.79. The number of halogens is 3. The van der Waals surface area contributed by atoms with Crippen molar-refractivity contribution in [1.29, 1.82) is 0 Å². The molecule has 25 heavy (non-hydrogen) atoms. The van der Waals surface area contributed by atoms with Crippen LogP contribution in [0, 0.1) is 18.8 Å². The van der Waals surface area contributed by atoms with Gasteiger partial charge in [0.2, 0.25) is 0 Å². The third-order valence-corrected chi connectivity index (χ3v) is 5.37. The number of nitrogens with zero attached hydrogens (tertiary/aromatic N) is 1. The second kappa shape index (κ2) is 6.86. The normalized spacial score (nSPS) is 27.2. The van der Waals surface area contributed by atoms with Crippen molar-refractivity contribution in [2.24, 2.45) is 11.8 Å². The predicted molar refractivity (Wildman–Crippen MR) is 86.9 cm³/mol. The van der Waals surface area contributed by atoms with Crippen molar-refractivity contribution >= 4 is 6.03 Å². The van der Waals surface area contributed by atoms with Gasteiger partial charge in [0.1, 0.15) is 0 Å². The molecule has 0 aromatic heterocycles. The van der Waals surface area contributed by atoms with E-state index in [9.17, 15) is 23.1 Å². The summed E-state index contributed by atoms with van der Waals surface area (Å²) in [4.78, 5) is 14.1. The molecule has 138 valence electrons. The van der Waals surface area contributed by atoms with Gasteiger partial charge in [0, 0.05) is 25.1 Å². The number of hydrogen-bond donors (Lipinski definition) is 2. The Kier molecular flexibility index (Phi) is 4.95. The molecule has 0 radical (unpaired) electrons. The molecule has 2 bridgehead atoms. The van der Waals surface area contributed by atoms with Crippen LogP contribution in [0.3, 0.4) is 0 Å². The third kappa shape index (κ3) is 3.76. The van der Waals surface area contributed by atoms with Crippen molar-refractivity contribution in [2.75, 3.05) is 13.2 Å². The van der Waals surface area contributed by atoms with Crippen molar-refractivity contribution in [3.05, 3.63) is 35.4 Å². The number of piperidine rings is 2. The molecule has 1 saturated carbocycles. The fourth-order valence-corrected chi connectivity index (χ4v) is 4.17. The zero-order chi connectivity index (χ0) is 18.2. The van der Waals surface area contributed by atoms with Crippen molar-refractivity contribution in [1.82, 2.24) is 10.2 Å². The molecule has 1 aliphatic carbocycles. The smallest absolute Gasteiger partial charge is 0.396 e. The summed E-state index contributed by atoms with van der Waals surface area (Å²) in [5, 5.41) is 11.7. The number of aryl methyl sites for hydroxylation is 1. The molecule has 4 unspecified atom stereocenters. The molecule has 0 spiro atoms. The van der Waals surface area contributed by atoms with Gasteiger partial charge in [-0.25, -0.2) is 4.79 Å². The number of alkyl halides is 3. The van der Waals surface area contributed by atoms with E-state index in [1.807, 2.05) is 0 Å². The number of nitrogens with one attached hydrogen (secondary N) is 1. The average molecular weight is 356 g/mol. The van der Waals surface area contributed by atoms with Crippen LogP contribution in [0.2, 0.25) is 0 Å². The number of rotatable bonds is 3. The molecule has 1 aromatic rings. The van der Waals surface area contributed by atoms with Crippen LogP contribution in [0.5, 0.6) is 0 Å². The number of fused-ring (bicyclic) bond motifs is 3. The van der Waals surface area contributed by atoms with Crippen LogP contribution >= 0.6 is 0 Å². The lowest BCUT2D eigenvalue weighted by Gasteiger charge is -2.49. The van der Waals surface area contributed by atoms with Crippen LogP contribution in [0.25, 0.3) is 0 Å². The zero-order valence-electron chi connectivity index (χ0n) is 14.1. The highest BCUT2D eigenvalue weighted by molar-refractivity contribution is 5.75. The molecule has 2 N–H and O–H groups in total. The molecule has 2 saturated heterocycles. The second-order valence-corrected chi connectivity index (χ2v) is 7.18. The van der Waals surface area contributed by atoms with Crippen LogP contribution in [-0.4, -0.2) is 41.4 Å². The molecule has 4 atom stereocenters. The highest BCUT2D eigenvalue weighted by Crippen LogP contribution is 2.40.